The van der Waals surface area contributed by atoms with E-state index < -0.39 is 0 Å². The molecule has 0 aromatic carbocycles. The Bertz CT molecular complexity index is 436. The van der Waals surface area contributed by atoms with Gasteiger partial charge >= 0.3 is 6.03 Å². The van der Waals surface area contributed by atoms with E-state index in [2.05, 4.69) is 16.8 Å². The minimum atomic E-state index is -0.00815. The molecule has 3 N–H and O–H groups in total. The Morgan fingerprint density at radius 2 is 2.29 bits per heavy atom. The van der Waals surface area contributed by atoms with Crippen molar-refractivity contribution in [3.8, 4) is 0 Å². The molecule has 2 aliphatic rings. The lowest BCUT2D eigenvalue weighted by molar-refractivity contribution is 0.165. The van der Waals surface area contributed by atoms with E-state index in [0.717, 1.165) is 44.6 Å². The first-order valence-corrected chi connectivity index (χ1v) is 7.61. The maximum Gasteiger partial charge on any atom is 0.321 e. The number of urea groups is 1. The predicted octanol–water partition coefficient (Wildman–Crippen LogP) is 1.65. The van der Waals surface area contributed by atoms with Crippen molar-refractivity contribution in [1.82, 2.24) is 15.1 Å². The van der Waals surface area contributed by atoms with Gasteiger partial charge in [-0.05, 0) is 37.3 Å². The number of carbonyl (C=O) groups is 1. The molecule has 0 radical (unpaired) electrons. The molecule has 2 amide bonds. The van der Waals surface area contributed by atoms with Crippen LogP contribution in [0, 0.1) is 5.92 Å². The number of nitrogens with zero attached hydrogens (tertiary/aromatic N) is 2. The zero-order valence-corrected chi connectivity index (χ0v) is 12.8. The second kappa shape index (κ2) is 7.31. The van der Waals surface area contributed by atoms with Crippen molar-refractivity contribution >= 4 is 6.03 Å². The molecule has 0 spiro atoms. The third-order valence-electron chi connectivity index (χ3n) is 4.23. The molecule has 2 aliphatic heterocycles. The number of likely N-dealkylation sites (tertiary alicyclic amines) is 1. The van der Waals surface area contributed by atoms with Crippen LogP contribution in [0.25, 0.3) is 0 Å². The number of hydrogen-bond acceptors (Lipinski definition) is 3. The van der Waals surface area contributed by atoms with E-state index >= 15 is 0 Å². The van der Waals surface area contributed by atoms with Gasteiger partial charge in [-0.2, -0.15) is 0 Å². The van der Waals surface area contributed by atoms with E-state index in [1.54, 1.807) is 0 Å². The number of likely N-dealkylation sites (N-methyl/N-ethyl adjacent to an activating group) is 1. The average Bonchev–Trinajstić information content (AvgIpc) is 2.50. The van der Waals surface area contributed by atoms with E-state index in [1.165, 1.54) is 0 Å². The van der Waals surface area contributed by atoms with E-state index in [4.69, 9.17) is 5.73 Å². The third kappa shape index (κ3) is 4.36. The number of hydrogen-bond donors (Lipinski definition) is 2. The van der Waals surface area contributed by atoms with Gasteiger partial charge < -0.3 is 20.9 Å². The fourth-order valence-electron chi connectivity index (χ4n) is 2.79. The summed E-state index contributed by atoms with van der Waals surface area (Å²) in [7, 11) is 2.00. The Balaban J connectivity index is 1.78. The SMILES string of the molecule is C=CCC(N)C1CCN(C(=O)NC2=CCN(C)C=C2)CC1. The Morgan fingerprint density at radius 3 is 2.86 bits per heavy atom. The van der Waals surface area contributed by atoms with Crippen LogP contribution in [0.2, 0.25) is 0 Å². The molecule has 1 atom stereocenters. The molecule has 1 saturated heterocycles. The van der Waals surface area contributed by atoms with Crippen LogP contribution in [0.1, 0.15) is 19.3 Å². The highest BCUT2D eigenvalue weighted by molar-refractivity contribution is 5.76. The molecule has 21 heavy (non-hydrogen) atoms. The number of nitrogens with two attached hydrogens (primary N) is 1. The first-order chi connectivity index (χ1) is 10.1. The maximum absolute atomic E-state index is 12.2. The largest absolute Gasteiger partial charge is 0.377 e. The van der Waals surface area contributed by atoms with Crippen molar-refractivity contribution in [3.05, 3.63) is 36.7 Å². The second-order valence-electron chi connectivity index (χ2n) is 5.86. The van der Waals surface area contributed by atoms with Gasteiger partial charge in [-0.1, -0.05) is 6.08 Å². The third-order valence-corrected chi connectivity index (χ3v) is 4.23. The lowest BCUT2D eigenvalue weighted by Gasteiger charge is -2.34. The number of amides is 2. The normalized spacial score (nSPS) is 21.0. The fourth-order valence-corrected chi connectivity index (χ4v) is 2.79. The van der Waals surface area contributed by atoms with E-state index in [0.29, 0.717) is 5.92 Å². The molecule has 0 aromatic heterocycles. The zero-order chi connectivity index (χ0) is 15.2. The highest BCUT2D eigenvalue weighted by Gasteiger charge is 2.26. The van der Waals surface area contributed by atoms with Gasteiger partial charge in [0.15, 0.2) is 0 Å². The molecule has 1 unspecified atom stereocenters. The van der Waals surface area contributed by atoms with Crippen molar-refractivity contribution in [2.75, 3.05) is 26.7 Å². The second-order valence-corrected chi connectivity index (χ2v) is 5.86. The van der Waals surface area contributed by atoms with Crippen molar-refractivity contribution in [3.63, 3.8) is 0 Å². The van der Waals surface area contributed by atoms with Crippen LogP contribution in [0.15, 0.2) is 36.7 Å². The van der Waals surface area contributed by atoms with Crippen LogP contribution in [0.4, 0.5) is 4.79 Å². The quantitative estimate of drug-likeness (QED) is 0.774. The molecule has 2 rings (SSSR count). The minimum absolute atomic E-state index is 0.00815. The molecule has 0 saturated carbocycles. The Kier molecular flexibility index (Phi) is 5.44. The fraction of sp³-hybridized carbons (Fsp3) is 0.562. The van der Waals surface area contributed by atoms with Gasteiger partial charge in [-0.15, -0.1) is 6.58 Å². The number of carbonyl (C=O) groups excluding carboxylic acids is 1. The van der Waals surface area contributed by atoms with Gasteiger partial charge in [0.1, 0.15) is 0 Å². The van der Waals surface area contributed by atoms with Gasteiger partial charge in [-0.3, -0.25) is 0 Å². The van der Waals surface area contributed by atoms with E-state index in [9.17, 15) is 4.79 Å². The first kappa shape index (κ1) is 15.6. The van der Waals surface area contributed by atoms with Crippen molar-refractivity contribution < 1.29 is 4.79 Å². The van der Waals surface area contributed by atoms with Gasteiger partial charge in [-0.25, -0.2) is 4.79 Å². The minimum Gasteiger partial charge on any atom is -0.377 e. The topological polar surface area (TPSA) is 61.6 Å². The summed E-state index contributed by atoms with van der Waals surface area (Å²) in [6, 6.07) is 0.165. The Labute approximate surface area is 127 Å². The summed E-state index contributed by atoms with van der Waals surface area (Å²) < 4.78 is 0. The summed E-state index contributed by atoms with van der Waals surface area (Å²) in [6.45, 7) is 6.11. The van der Waals surface area contributed by atoms with Crippen molar-refractivity contribution in [2.45, 2.75) is 25.3 Å². The number of allylic oxidation sites excluding steroid dienone is 1. The smallest absolute Gasteiger partial charge is 0.321 e. The molecule has 0 aromatic rings. The predicted molar refractivity (Wildman–Crippen MR) is 85.5 cm³/mol. The first-order valence-electron chi connectivity index (χ1n) is 7.61. The number of nitrogens with one attached hydrogen (secondary N) is 1. The van der Waals surface area contributed by atoms with Crippen LogP contribution in [-0.2, 0) is 0 Å². The summed E-state index contributed by atoms with van der Waals surface area (Å²) in [5.74, 6) is 0.495. The monoisotopic (exact) mass is 290 g/mol. The lowest BCUT2D eigenvalue weighted by Crippen LogP contribution is -2.47. The van der Waals surface area contributed by atoms with Gasteiger partial charge in [0.2, 0.25) is 0 Å². The average molecular weight is 290 g/mol. The van der Waals surface area contributed by atoms with E-state index in [-0.39, 0.29) is 12.1 Å². The standard InChI is InChI=1S/C16H26N4O/c1-3-4-15(17)13-5-11-20(12-6-13)16(21)18-14-7-9-19(2)10-8-14/h3,7-9,13,15H,1,4-6,10-12,17H2,2H3,(H,18,21). The van der Waals surface area contributed by atoms with Crippen molar-refractivity contribution in [1.29, 1.82) is 0 Å². The summed E-state index contributed by atoms with van der Waals surface area (Å²) in [6.07, 6.45) is 10.6. The van der Waals surface area contributed by atoms with Crippen molar-refractivity contribution in [2.24, 2.45) is 11.7 Å². The van der Waals surface area contributed by atoms with Crippen LogP contribution in [0.5, 0.6) is 0 Å². The molecular formula is C16H26N4O. The highest BCUT2D eigenvalue weighted by atomic mass is 16.2. The molecule has 5 nitrogen and oxygen atoms in total. The molecule has 116 valence electrons. The molecular weight excluding hydrogens is 264 g/mol. The molecule has 2 heterocycles. The van der Waals surface area contributed by atoms with Crippen LogP contribution < -0.4 is 11.1 Å². The molecule has 1 fully saturated rings. The summed E-state index contributed by atoms with van der Waals surface area (Å²) in [4.78, 5) is 16.2. The molecule has 0 aliphatic carbocycles. The summed E-state index contributed by atoms with van der Waals surface area (Å²) >= 11 is 0. The zero-order valence-electron chi connectivity index (χ0n) is 12.8. The summed E-state index contributed by atoms with van der Waals surface area (Å²) in [5, 5.41) is 2.97. The Morgan fingerprint density at radius 1 is 1.57 bits per heavy atom. The van der Waals surface area contributed by atoms with Gasteiger partial charge in [0.05, 0.1) is 0 Å². The molecule has 5 heteroatoms. The van der Waals surface area contributed by atoms with Gasteiger partial charge in [0.25, 0.3) is 0 Å². The van der Waals surface area contributed by atoms with Crippen LogP contribution >= 0.6 is 0 Å². The van der Waals surface area contributed by atoms with E-state index in [1.807, 2.05) is 36.4 Å². The highest BCUT2D eigenvalue weighted by Crippen LogP contribution is 2.21. The number of piperidine rings is 1. The maximum atomic E-state index is 12.2. The lowest BCUT2D eigenvalue weighted by atomic mass is 9.88. The van der Waals surface area contributed by atoms with Crippen LogP contribution in [-0.4, -0.2) is 48.6 Å². The van der Waals surface area contributed by atoms with Crippen LogP contribution in [0.3, 0.4) is 0 Å². The van der Waals surface area contributed by atoms with Gasteiger partial charge in [0, 0.05) is 44.6 Å². The summed E-state index contributed by atoms with van der Waals surface area (Å²) in [5.41, 5.74) is 7.01. The Hall–Kier alpha value is -1.75. The molecule has 0 bridgehead atoms. The number of rotatable bonds is 4.